The van der Waals surface area contributed by atoms with Gasteiger partial charge in [-0.3, -0.25) is 9.69 Å². The lowest BCUT2D eigenvalue weighted by molar-refractivity contribution is -0.117. The van der Waals surface area contributed by atoms with Crippen molar-refractivity contribution in [2.24, 2.45) is 0 Å². The molecule has 0 bridgehead atoms. The zero-order valence-corrected chi connectivity index (χ0v) is 15.0. The zero-order chi connectivity index (χ0) is 17.5. The first kappa shape index (κ1) is 18.3. The predicted molar refractivity (Wildman–Crippen MR) is 98.7 cm³/mol. The Labute approximate surface area is 148 Å². The van der Waals surface area contributed by atoms with Crippen molar-refractivity contribution < 1.29 is 9.53 Å². The Hall–Kier alpha value is -2.04. The fourth-order valence-corrected chi connectivity index (χ4v) is 2.89. The topological polar surface area (TPSA) is 41.6 Å². The van der Waals surface area contributed by atoms with Gasteiger partial charge in [0.05, 0.1) is 13.7 Å². The van der Waals surface area contributed by atoms with Gasteiger partial charge in [0.25, 0.3) is 0 Å². The highest BCUT2D eigenvalue weighted by Gasteiger charge is 2.19. The summed E-state index contributed by atoms with van der Waals surface area (Å²) in [5.41, 5.74) is 1.78. The smallest absolute Gasteiger partial charge is 0.238 e. The van der Waals surface area contributed by atoms with Crippen LogP contribution >= 0.6 is 11.6 Å². The summed E-state index contributed by atoms with van der Waals surface area (Å²) in [5.74, 6) is 0.705. The number of amides is 1. The number of nitrogens with zero attached hydrogens (tertiary/aromatic N) is 1. The number of hydrogen-bond donors (Lipinski definition) is 1. The Balaban J connectivity index is 2.00. The molecule has 128 valence electrons. The van der Waals surface area contributed by atoms with E-state index >= 15 is 0 Å². The summed E-state index contributed by atoms with van der Waals surface area (Å²) in [6.07, 6.45) is 0. The Morgan fingerprint density at radius 3 is 2.46 bits per heavy atom. The lowest BCUT2D eigenvalue weighted by atomic mass is 10.1. The number of anilines is 1. The van der Waals surface area contributed by atoms with Crippen molar-refractivity contribution in [3.05, 3.63) is 59.1 Å². The van der Waals surface area contributed by atoms with Gasteiger partial charge in [0.1, 0.15) is 5.75 Å². The molecule has 0 spiro atoms. The van der Waals surface area contributed by atoms with E-state index in [-0.39, 0.29) is 11.9 Å². The fourth-order valence-electron chi connectivity index (χ4n) is 2.59. The van der Waals surface area contributed by atoms with E-state index in [2.05, 4.69) is 17.1 Å². The van der Waals surface area contributed by atoms with E-state index in [9.17, 15) is 4.79 Å². The molecule has 0 heterocycles. The number of carbonyl (C=O) groups excluding carboxylic acids is 1. The Morgan fingerprint density at radius 1 is 1.21 bits per heavy atom. The van der Waals surface area contributed by atoms with Gasteiger partial charge in [-0.25, -0.2) is 0 Å². The zero-order valence-electron chi connectivity index (χ0n) is 14.3. The largest absolute Gasteiger partial charge is 0.497 e. The minimum atomic E-state index is -0.0547. The molecule has 1 amide bonds. The summed E-state index contributed by atoms with van der Waals surface area (Å²) >= 11 is 6.28. The van der Waals surface area contributed by atoms with E-state index in [1.165, 1.54) is 0 Å². The third-order valence-electron chi connectivity index (χ3n) is 4.03. The molecule has 0 saturated heterocycles. The Bertz CT molecular complexity index is 673. The summed E-state index contributed by atoms with van der Waals surface area (Å²) in [5, 5.41) is 3.63. The molecule has 0 radical (unpaired) electrons. The van der Waals surface area contributed by atoms with Gasteiger partial charge in [0, 0.05) is 16.8 Å². The molecule has 2 aromatic carbocycles. The molecular formula is C19H23ClN2O2. The molecule has 0 fully saturated rings. The number of nitrogens with one attached hydrogen (secondary N) is 1. The third-order valence-corrected chi connectivity index (χ3v) is 4.37. The summed E-state index contributed by atoms with van der Waals surface area (Å²) in [6.45, 7) is 5.15. The van der Waals surface area contributed by atoms with Crippen LogP contribution in [0.2, 0.25) is 5.02 Å². The first-order valence-electron chi connectivity index (χ1n) is 7.97. The molecule has 0 aliphatic rings. The van der Waals surface area contributed by atoms with Crippen molar-refractivity contribution >= 4 is 23.2 Å². The minimum Gasteiger partial charge on any atom is -0.497 e. The first-order chi connectivity index (χ1) is 11.5. The maximum Gasteiger partial charge on any atom is 0.238 e. The lowest BCUT2D eigenvalue weighted by Crippen LogP contribution is -2.35. The molecular weight excluding hydrogens is 324 g/mol. The van der Waals surface area contributed by atoms with Crippen LogP contribution in [0.4, 0.5) is 5.69 Å². The second-order valence-corrected chi connectivity index (χ2v) is 5.94. The molecule has 5 heteroatoms. The second kappa shape index (κ2) is 8.71. The van der Waals surface area contributed by atoms with Gasteiger partial charge in [-0.15, -0.1) is 0 Å². The average Bonchev–Trinajstić information content (AvgIpc) is 2.60. The van der Waals surface area contributed by atoms with Crippen LogP contribution in [0, 0.1) is 0 Å². The van der Waals surface area contributed by atoms with Crippen molar-refractivity contribution in [1.29, 1.82) is 0 Å². The highest BCUT2D eigenvalue weighted by molar-refractivity contribution is 6.31. The highest BCUT2D eigenvalue weighted by Crippen LogP contribution is 2.26. The van der Waals surface area contributed by atoms with Crippen molar-refractivity contribution in [2.45, 2.75) is 19.9 Å². The van der Waals surface area contributed by atoms with E-state index in [1.54, 1.807) is 7.11 Å². The molecule has 0 saturated carbocycles. The maximum atomic E-state index is 12.3. The van der Waals surface area contributed by atoms with Crippen LogP contribution in [0.1, 0.15) is 25.5 Å². The van der Waals surface area contributed by atoms with E-state index < -0.39 is 0 Å². The summed E-state index contributed by atoms with van der Waals surface area (Å²) < 4.78 is 5.11. The molecule has 2 aromatic rings. The number of likely N-dealkylation sites (N-methyl/N-ethyl adjacent to an activating group) is 1. The molecule has 2 rings (SSSR count). The number of benzene rings is 2. The summed E-state index contributed by atoms with van der Waals surface area (Å²) in [6, 6.07) is 15.1. The van der Waals surface area contributed by atoms with Crippen molar-refractivity contribution in [3.63, 3.8) is 0 Å². The Kier molecular flexibility index (Phi) is 6.64. The fraction of sp³-hybridized carbons (Fsp3) is 0.316. The van der Waals surface area contributed by atoms with Gasteiger partial charge >= 0.3 is 0 Å². The predicted octanol–water partition coefficient (Wildman–Crippen LogP) is 4.37. The Morgan fingerprint density at radius 2 is 1.88 bits per heavy atom. The quantitative estimate of drug-likeness (QED) is 0.809. The maximum absolute atomic E-state index is 12.3. The molecule has 4 nitrogen and oxygen atoms in total. The van der Waals surface area contributed by atoms with Crippen LogP contribution in [-0.2, 0) is 4.79 Å². The first-order valence-corrected chi connectivity index (χ1v) is 8.35. The van der Waals surface area contributed by atoms with Gasteiger partial charge < -0.3 is 10.1 Å². The molecule has 24 heavy (non-hydrogen) atoms. The van der Waals surface area contributed by atoms with Crippen LogP contribution in [0.15, 0.2) is 48.5 Å². The number of methoxy groups -OCH3 is 1. The van der Waals surface area contributed by atoms with Crippen LogP contribution in [-0.4, -0.2) is 31.0 Å². The second-order valence-electron chi connectivity index (χ2n) is 5.54. The third kappa shape index (κ3) is 4.73. The number of rotatable bonds is 7. The van der Waals surface area contributed by atoms with Crippen LogP contribution < -0.4 is 10.1 Å². The number of halogens is 1. The van der Waals surface area contributed by atoms with Crippen molar-refractivity contribution in [2.75, 3.05) is 25.5 Å². The van der Waals surface area contributed by atoms with E-state index in [0.29, 0.717) is 6.54 Å². The monoisotopic (exact) mass is 346 g/mol. The standard InChI is InChI=1S/C19H23ClN2O2/c1-4-22(14(2)17-7-5-6-8-18(17)20)13-19(23)21-15-9-11-16(24-3)12-10-15/h5-12,14H,4,13H2,1-3H3,(H,21,23)/t14-/m0/s1. The SMILES string of the molecule is CCN(CC(=O)Nc1ccc(OC)cc1)[C@@H](C)c1ccccc1Cl. The number of ether oxygens (including phenoxy) is 1. The van der Waals surface area contributed by atoms with Gasteiger partial charge in [-0.05, 0) is 49.4 Å². The molecule has 1 atom stereocenters. The van der Waals surface area contributed by atoms with Crippen LogP contribution in [0.25, 0.3) is 0 Å². The van der Waals surface area contributed by atoms with Gasteiger partial charge in [0.2, 0.25) is 5.91 Å². The van der Waals surface area contributed by atoms with Gasteiger partial charge in [-0.1, -0.05) is 36.7 Å². The summed E-state index contributed by atoms with van der Waals surface area (Å²) in [4.78, 5) is 14.4. The minimum absolute atomic E-state index is 0.0547. The normalized spacial score (nSPS) is 12.0. The van der Waals surface area contributed by atoms with Gasteiger partial charge in [-0.2, -0.15) is 0 Å². The van der Waals surface area contributed by atoms with E-state index in [1.807, 2.05) is 55.5 Å². The average molecular weight is 347 g/mol. The van der Waals surface area contributed by atoms with Crippen molar-refractivity contribution in [3.8, 4) is 5.75 Å². The highest BCUT2D eigenvalue weighted by atomic mass is 35.5. The van der Waals surface area contributed by atoms with Crippen molar-refractivity contribution in [1.82, 2.24) is 4.90 Å². The molecule has 0 aliphatic heterocycles. The van der Waals surface area contributed by atoms with E-state index in [4.69, 9.17) is 16.3 Å². The molecule has 0 aliphatic carbocycles. The van der Waals surface area contributed by atoms with Crippen LogP contribution in [0.3, 0.4) is 0 Å². The number of carbonyl (C=O) groups is 1. The molecule has 1 N–H and O–H groups in total. The molecule has 0 aromatic heterocycles. The van der Waals surface area contributed by atoms with E-state index in [0.717, 1.165) is 28.6 Å². The van der Waals surface area contributed by atoms with Gasteiger partial charge in [0.15, 0.2) is 0 Å². The van der Waals surface area contributed by atoms with Crippen LogP contribution in [0.5, 0.6) is 5.75 Å². The summed E-state index contributed by atoms with van der Waals surface area (Å²) in [7, 11) is 1.61. The number of hydrogen-bond acceptors (Lipinski definition) is 3. The lowest BCUT2D eigenvalue weighted by Gasteiger charge is -2.28. The molecule has 0 unspecified atom stereocenters.